The van der Waals surface area contributed by atoms with Gasteiger partial charge in [-0.2, -0.15) is 11.8 Å². The van der Waals surface area contributed by atoms with E-state index in [1.165, 1.54) is 27.8 Å². The first-order valence-corrected chi connectivity index (χ1v) is 9.62. The number of halogens is 1. The van der Waals surface area contributed by atoms with Gasteiger partial charge in [-0.05, 0) is 6.07 Å². The lowest BCUT2D eigenvalue weighted by molar-refractivity contribution is 1.07. The molecule has 1 saturated heterocycles. The summed E-state index contributed by atoms with van der Waals surface area (Å²) >= 11 is 9.47. The molecule has 5 heteroatoms. The molecule has 1 nitrogen and oxygen atoms in total. The molecule has 94 valence electrons. The lowest BCUT2D eigenvalue weighted by Gasteiger charge is -2.18. The molecule has 0 bridgehead atoms. The van der Waals surface area contributed by atoms with Crippen LogP contribution in [0.5, 0.6) is 0 Å². The van der Waals surface area contributed by atoms with E-state index in [1.54, 1.807) is 11.3 Å². The van der Waals surface area contributed by atoms with E-state index in [-0.39, 0.29) is 0 Å². The molecule has 0 saturated carbocycles. The minimum Gasteiger partial charge on any atom is -0.240 e. The van der Waals surface area contributed by atoms with Crippen LogP contribution in [0.3, 0.4) is 0 Å². The molecule has 2 aromatic rings. The highest BCUT2D eigenvalue weighted by Crippen LogP contribution is 2.39. The van der Waals surface area contributed by atoms with Gasteiger partial charge in [0.1, 0.15) is 5.01 Å². The Hall–Kier alpha value is 0.0300. The molecule has 1 aromatic heterocycles. The second-order valence-electron chi connectivity index (χ2n) is 3.99. The summed E-state index contributed by atoms with van der Waals surface area (Å²) in [6, 6.07) is 8.28. The molecule has 0 amide bonds. The van der Waals surface area contributed by atoms with Crippen LogP contribution in [0.25, 0.3) is 11.3 Å². The number of hydrogen-bond acceptors (Lipinski definition) is 4. The van der Waals surface area contributed by atoms with Crippen molar-refractivity contribution in [2.24, 2.45) is 0 Å². The Bertz CT molecular complexity index is 535. The standard InChI is InChI=1S/C13H12BrNS3/c14-10-4-2-1-3-9(10)11-7-18-13(15-11)12-8-16-5-6-17-12/h1-4,7,12H,5-6,8H2. The second-order valence-corrected chi connectivity index (χ2v) is 8.19. The van der Waals surface area contributed by atoms with Crippen molar-refractivity contribution in [2.75, 3.05) is 17.3 Å². The first-order chi connectivity index (χ1) is 8.84. The van der Waals surface area contributed by atoms with Gasteiger partial charge in [0.05, 0.1) is 10.9 Å². The third-order valence-electron chi connectivity index (χ3n) is 2.76. The van der Waals surface area contributed by atoms with Gasteiger partial charge in [-0.3, -0.25) is 0 Å². The topological polar surface area (TPSA) is 12.9 Å². The molecule has 1 aliphatic heterocycles. The van der Waals surface area contributed by atoms with E-state index >= 15 is 0 Å². The maximum atomic E-state index is 4.82. The first-order valence-electron chi connectivity index (χ1n) is 5.74. The SMILES string of the molecule is Brc1ccccc1-c1csc(C2CSCCS2)n1. The zero-order chi connectivity index (χ0) is 12.4. The van der Waals surface area contributed by atoms with Gasteiger partial charge in [-0.25, -0.2) is 4.98 Å². The van der Waals surface area contributed by atoms with Gasteiger partial charge in [-0.1, -0.05) is 34.1 Å². The van der Waals surface area contributed by atoms with Crippen LogP contribution in [0, 0.1) is 0 Å². The second kappa shape index (κ2) is 5.99. The Balaban J connectivity index is 1.87. The van der Waals surface area contributed by atoms with Crippen molar-refractivity contribution < 1.29 is 0 Å². The fourth-order valence-electron chi connectivity index (χ4n) is 1.86. The lowest BCUT2D eigenvalue weighted by atomic mass is 10.2. The molecular weight excluding hydrogens is 346 g/mol. The van der Waals surface area contributed by atoms with E-state index in [0.717, 1.165) is 10.2 Å². The quantitative estimate of drug-likeness (QED) is 0.742. The fraction of sp³-hybridized carbons (Fsp3) is 0.308. The fourth-order valence-corrected chi connectivity index (χ4v) is 6.17. The van der Waals surface area contributed by atoms with Crippen molar-refractivity contribution in [2.45, 2.75) is 5.25 Å². The van der Waals surface area contributed by atoms with Crippen molar-refractivity contribution in [1.29, 1.82) is 0 Å². The van der Waals surface area contributed by atoms with Crippen molar-refractivity contribution >= 4 is 50.8 Å². The van der Waals surface area contributed by atoms with Crippen LogP contribution < -0.4 is 0 Å². The molecule has 0 N–H and O–H groups in total. The molecule has 0 aliphatic carbocycles. The Morgan fingerprint density at radius 1 is 1.22 bits per heavy atom. The molecule has 0 spiro atoms. The highest BCUT2D eigenvalue weighted by Gasteiger charge is 2.20. The maximum Gasteiger partial charge on any atom is 0.107 e. The Morgan fingerprint density at radius 3 is 2.89 bits per heavy atom. The van der Waals surface area contributed by atoms with Gasteiger partial charge in [-0.15, -0.1) is 23.1 Å². The number of thioether (sulfide) groups is 2. The van der Waals surface area contributed by atoms with Gasteiger partial charge in [0, 0.05) is 32.7 Å². The summed E-state index contributed by atoms with van der Waals surface area (Å²) in [7, 11) is 0. The monoisotopic (exact) mass is 357 g/mol. The van der Waals surface area contributed by atoms with Crippen molar-refractivity contribution in [3.8, 4) is 11.3 Å². The zero-order valence-corrected chi connectivity index (χ0v) is 13.7. The third-order valence-corrected chi connectivity index (χ3v) is 7.33. The molecule has 1 fully saturated rings. The van der Waals surface area contributed by atoms with Crippen LogP contribution in [0.1, 0.15) is 10.3 Å². The minimum absolute atomic E-state index is 0.588. The summed E-state index contributed by atoms with van der Waals surface area (Å²) in [6.45, 7) is 0. The predicted octanol–water partition coefficient (Wildman–Crippen LogP) is 5.09. The lowest BCUT2D eigenvalue weighted by Crippen LogP contribution is -2.06. The first kappa shape index (κ1) is 13.0. The highest BCUT2D eigenvalue weighted by molar-refractivity contribution is 9.10. The number of aromatic nitrogens is 1. The Kier molecular flexibility index (Phi) is 4.34. The van der Waals surface area contributed by atoms with Crippen LogP contribution in [-0.4, -0.2) is 22.2 Å². The van der Waals surface area contributed by atoms with Gasteiger partial charge in [0.25, 0.3) is 0 Å². The number of nitrogens with zero attached hydrogens (tertiary/aromatic N) is 1. The largest absolute Gasteiger partial charge is 0.240 e. The Morgan fingerprint density at radius 2 is 2.11 bits per heavy atom. The third kappa shape index (κ3) is 2.79. The molecule has 1 aromatic carbocycles. The van der Waals surface area contributed by atoms with E-state index in [4.69, 9.17) is 4.98 Å². The normalized spacial score (nSPS) is 19.9. The van der Waals surface area contributed by atoms with Crippen LogP contribution in [-0.2, 0) is 0 Å². The van der Waals surface area contributed by atoms with Gasteiger partial charge >= 0.3 is 0 Å². The average molecular weight is 358 g/mol. The molecule has 2 heterocycles. The van der Waals surface area contributed by atoms with Crippen molar-refractivity contribution in [1.82, 2.24) is 4.98 Å². The van der Waals surface area contributed by atoms with Crippen LogP contribution in [0.4, 0.5) is 0 Å². The summed E-state index contributed by atoms with van der Waals surface area (Å²) in [4.78, 5) is 4.82. The number of benzene rings is 1. The molecule has 1 aliphatic rings. The zero-order valence-electron chi connectivity index (χ0n) is 9.64. The summed E-state index contributed by atoms with van der Waals surface area (Å²) in [6.07, 6.45) is 0. The smallest absolute Gasteiger partial charge is 0.107 e. The van der Waals surface area contributed by atoms with Gasteiger partial charge in [0.2, 0.25) is 0 Å². The summed E-state index contributed by atoms with van der Waals surface area (Å²) in [5, 5.41) is 4.04. The molecule has 0 radical (unpaired) electrons. The average Bonchev–Trinajstić information content (AvgIpc) is 2.90. The van der Waals surface area contributed by atoms with Gasteiger partial charge in [0.15, 0.2) is 0 Å². The molecule has 1 atom stereocenters. The van der Waals surface area contributed by atoms with Gasteiger partial charge < -0.3 is 0 Å². The highest BCUT2D eigenvalue weighted by atomic mass is 79.9. The van der Waals surface area contributed by atoms with E-state index in [1.807, 2.05) is 29.6 Å². The summed E-state index contributed by atoms with van der Waals surface area (Å²) in [5.41, 5.74) is 2.28. The molecule has 3 rings (SSSR count). The van der Waals surface area contributed by atoms with Crippen LogP contribution in [0.15, 0.2) is 34.1 Å². The summed E-state index contributed by atoms with van der Waals surface area (Å²) in [5.74, 6) is 3.73. The van der Waals surface area contributed by atoms with E-state index < -0.39 is 0 Å². The van der Waals surface area contributed by atoms with E-state index in [9.17, 15) is 0 Å². The predicted molar refractivity (Wildman–Crippen MR) is 87.8 cm³/mol. The Labute approximate surface area is 128 Å². The van der Waals surface area contributed by atoms with E-state index in [0.29, 0.717) is 5.25 Å². The number of thiazole rings is 1. The number of rotatable bonds is 2. The van der Waals surface area contributed by atoms with E-state index in [2.05, 4.69) is 39.5 Å². The van der Waals surface area contributed by atoms with Crippen molar-refractivity contribution in [3.05, 3.63) is 39.1 Å². The molecule has 1 unspecified atom stereocenters. The number of hydrogen-bond donors (Lipinski definition) is 0. The van der Waals surface area contributed by atoms with Crippen LogP contribution >= 0.6 is 50.8 Å². The van der Waals surface area contributed by atoms with Crippen molar-refractivity contribution in [3.63, 3.8) is 0 Å². The molecule has 18 heavy (non-hydrogen) atoms. The maximum absolute atomic E-state index is 4.82. The molecular formula is C13H12BrNS3. The minimum atomic E-state index is 0.588. The summed E-state index contributed by atoms with van der Waals surface area (Å²) < 4.78 is 1.12. The van der Waals surface area contributed by atoms with Crippen LogP contribution in [0.2, 0.25) is 0 Å².